The van der Waals surface area contributed by atoms with Crippen molar-refractivity contribution in [1.82, 2.24) is 14.7 Å². The summed E-state index contributed by atoms with van der Waals surface area (Å²) in [6.45, 7) is 5.04. The number of hydrogen-bond acceptors (Lipinski definition) is 6. The fourth-order valence-corrected chi connectivity index (χ4v) is 3.78. The average molecular weight is 402 g/mol. The first-order chi connectivity index (χ1) is 13.7. The molecule has 3 amide bonds. The van der Waals surface area contributed by atoms with Crippen molar-refractivity contribution < 1.29 is 23.9 Å². The molecule has 3 atom stereocenters. The summed E-state index contributed by atoms with van der Waals surface area (Å²) < 4.78 is 6.83. The van der Waals surface area contributed by atoms with E-state index in [2.05, 4.69) is 10.4 Å². The number of nitrogens with one attached hydrogen (secondary N) is 1. The third kappa shape index (κ3) is 4.08. The van der Waals surface area contributed by atoms with Crippen LogP contribution in [0.4, 0.5) is 5.69 Å². The van der Waals surface area contributed by atoms with Crippen molar-refractivity contribution in [1.29, 1.82) is 0 Å². The zero-order valence-electron chi connectivity index (χ0n) is 17.1. The maximum absolute atomic E-state index is 12.4. The number of likely N-dealkylation sites (tertiary alicyclic amines) is 1. The third-order valence-electron chi connectivity index (χ3n) is 5.57. The molecular weight excluding hydrogens is 376 g/mol. The lowest BCUT2D eigenvalue weighted by atomic mass is 9.85. The second-order valence-electron chi connectivity index (χ2n) is 7.52. The number of hydrogen-bond donors (Lipinski definition) is 1. The van der Waals surface area contributed by atoms with E-state index in [1.807, 2.05) is 19.1 Å². The summed E-state index contributed by atoms with van der Waals surface area (Å²) in [5, 5.41) is 6.95. The number of esters is 1. The topological polar surface area (TPSA) is 111 Å². The molecule has 1 fully saturated rings. The molecule has 1 aliphatic carbocycles. The molecule has 1 N–H and O–H groups in total. The highest BCUT2D eigenvalue weighted by atomic mass is 16.5. The van der Waals surface area contributed by atoms with Gasteiger partial charge in [-0.1, -0.05) is 12.2 Å². The Kier molecular flexibility index (Phi) is 5.86. The van der Waals surface area contributed by atoms with Crippen molar-refractivity contribution in [2.24, 2.45) is 18.9 Å². The Hall–Kier alpha value is -2.97. The molecule has 1 aromatic heterocycles. The summed E-state index contributed by atoms with van der Waals surface area (Å²) in [7, 11) is 1.77. The molecule has 9 nitrogen and oxygen atoms in total. The van der Waals surface area contributed by atoms with Crippen LogP contribution in [0, 0.1) is 25.7 Å². The van der Waals surface area contributed by atoms with Crippen LogP contribution in [-0.4, -0.2) is 51.0 Å². The van der Waals surface area contributed by atoms with E-state index in [1.54, 1.807) is 18.7 Å². The zero-order valence-corrected chi connectivity index (χ0v) is 17.1. The maximum Gasteiger partial charge on any atom is 0.308 e. The van der Waals surface area contributed by atoms with Crippen LogP contribution in [0.2, 0.25) is 0 Å². The van der Waals surface area contributed by atoms with Gasteiger partial charge in [-0.05, 0) is 33.6 Å². The van der Waals surface area contributed by atoms with Gasteiger partial charge in [-0.25, -0.2) is 0 Å². The minimum Gasteiger partial charge on any atom is -0.452 e. The highest BCUT2D eigenvalue weighted by Gasteiger charge is 2.47. The van der Waals surface area contributed by atoms with Crippen LogP contribution in [-0.2, 0) is 31.0 Å². The van der Waals surface area contributed by atoms with E-state index >= 15 is 0 Å². The molecule has 156 valence electrons. The highest BCUT2D eigenvalue weighted by molar-refractivity contribution is 6.05. The van der Waals surface area contributed by atoms with Gasteiger partial charge in [0.05, 0.1) is 35.3 Å². The molecule has 0 radical (unpaired) electrons. The van der Waals surface area contributed by atoms with Crippen LogP contribution in [0.25, 0.3) is 0 Å². The normalized spacial score (nSPS) is 21.9. The fraction of sp³-hybridized carbons (Fsp3) is 0.550. The van der Waals surface area contributed by atoms with Gasteiger partial charge in [0.15, 0.2) is 6.10 Å². The largest absolute Gasteiger partial charge is 0.452 e. The summed E-state index contributed by atoms with van der Waals surface area (Å²) in [5.41, 5.74) is 2.04. The van der Waals surface area contributed by atoms with Gasteiger partial charge in [0, 0.05) is 13.6 Å². The Bertz CT molecular complexity index is 862. The Morgan fingerprint density at radius 3 is 2.31 bits per heavy atom. The van der Waals surface area contributed by atoms with Gasteiger partial charge in [0.2, 0.25) is 11.8 Å². The van der Waals surface area contributed by atoms with Gasteiger partial charge in [-0.3, -0.25) is 28.8 Å². The second-order valence-corrected chi connectivity index (χ2v) is 7.52. The zero-order chi connectivity index (χ0) is 21.3. The molecule has 3 rings (SSSR count). The Morgan fingerprint density at radius 2 is 1.79 bits per heavy atom. The molecule has 2 heterocycles. The summed E-state index contributed by atoms with van der Waals surface area (Å²) in [6, 6.07) is 0. The maximum atomic E-state index is 12.4. The van der Waals surface area contributed by atoms with Gasteiger partial charge in [-0.15, -0.1) is 0 Å². The number of allylic oxidation sites excluding steroid dienone is 2. The number of aromatic nitrogens is 2. The van der Waals surface area contributed by atoms with Gasteiger partial charge >= 0.3 is 5.97 Å². The Balaban J connectivity index is 1.51. The van der Waals surface area contributed by atoms with E-state index in [9.17, 15) is 19.2 Å². The molecule has 0 unspecified atom stereocenters. The lowest BCUT2D eigenvalue weighted by Crippen LogP contribution is -2.35. The van der Waals surface area contributed by atoms with Gasteiger partial charge in [-0.2, -0.15) is 5.10 Å². The standard InChI is InChI=1S/C20H26N4O5/c1-11-17(12(2)23(4)22-11)21-18(26)13(3)29-16(25)9-10-24-19(27)14-7-5-6-8-15(14)20(24)28/h5-6,13-15H,7-10H2,1-4H3,(H,21,26)/t13-,14-,15+/m0/s1. The number of nitrogens with zero attached hydrogens (tertiary/aromatic N) is 3. The number of imide groups is 1. The summed E-state index contributed by atoms with van der Waals surface area (Å²) >= 11 is 0. The second kappa shape index (κ2) is 8.18. The number of amides is 3. The van der Waals surface area contributed by atoms with Crippen LogP contribution in [0.15, 0.2) is 12.2 Å². The van der Waals surface area contributed by atoms with Crippen LogP contribution in [0.1, 0.15) is 37.6 Å². The van der Waals surface area contributed by atoms with E-state index in [0.717, 1.165) is 10.6 Å². The Morgan fingerprint density at radius 1 is 1.21 bits per heavy atom. The van der Waals surface area contributed by atoms with E-state index in [0.29, 0.717) is 24.2 Å². The number of aryl methyl sites for hydroxylation is 2. The molecule has 29 heavy (non-hydrogen) atoms. The molecule has 1 aliphatic heterocycles. The van der Waals surface area contributed by atoms with Crippen LogP contribution < -0.4 is 5.32 Å². The van der Waals surface area contributed by atoms with Crippen molar-refractivity contribution in [3.63, 3.8) is 0 Å². The molecule has 9 heteroatoms. The minimum absolute atomic E-state index is 0.0291. The van der Waals surface area contributed by atoms with E-state index < -0.39 is 18.0 Å². The quantitative estimate of drug-likeness (QED) is 0.436. The van der Waals surface area contributed by atoms with Gasteiger partial charge in [0.1, 0.15) is 0 Å². The number of carbonyl (C=O) groups is 4. The number of ether oxygens (including phenoxy) is 1. The number of rotatable bonds is 6. The van der Waals surface area contributed by atoms with Crippen molar-refractivity contribution in [3.05, 3.63) is 23.5 Å². The molecule has 0 saturated carbocycles. The number of fused-ring (bicyclic) bond motifs is 1. The first-order valence-electron chi connectivity index (χ1n) is 9.71. The van der Waals surface area contributed by atoms with Gasteiger partial charge in [0.25, 0.3) is 5.91 Å². The van der Waals surface area contributed by atoms with Crippen molar-refractivity contribution in [3.8, 4) is 0 Å². The predicted molar refractivity (Wildman–Crippen MR) is 104 cm³/mol. The van der Waals surface area contributed by atoms with E-state index in [1.165, 1.54) is 6.92 Å². The van der Waals surface area contributed by atoms with Crippen LogP contribution in [0.3, 0.4) is 0 Å². The summed E-state index contributed by atoms with van der Waals surface area (Å²) in [4.78, 5) is 50.5. The average Bonchev–Trinajstić information content (AvgIpc) is 3.07. The number of anilines is 1. The first kappa shape index (κ1) is 20.8. The molecule has 1 saturated heterocycles. The molecule has 0 aromatic carbocycles. The molecule has 0 bridgehead atoms. The van der Waals surface area contributed by atoms with Crippen LogP contribution in [0.5, 0.6) is 0 Å². The van der Waals surface area contributed by atoms with Crippen molar-refractivity contribution in [2.75, 3.05) is 11.9 Å². The molecular formula is C20H26N4O5. The van der Waals surface area contributed by atoms with Crippen molar-refractivity contribution in [2.45, 2.75) is 46.1 Å². The van der Waals surface area contributed by atoms with Crippen molar-refractivity contribution >= 4 is 29.4 Å². The predicted octanol–water partition coefficient (Wildman–Crippen LogP) is 1.25. The highest BCUT2D eigenvalue weighted by Crippen LogP contribution is 2.35. The lowest BCUT2D eigenvalue weighted by molar-refractivity contribution is -0.154. The SMILES string of the molecule is Cc1nn(C)c(C)c1NC(=O)[C@H](C)OC(=O)CCN1C(=O)[C@H]2CC=CC[C@H]2C1=O. The molecule has 1 aromatic rings. The third-order valence-corrected chi connectivity index (χ3v) is 5.57. The molecule has 0 spiro atoms. The fourth-order valence-electron chi connectivity index (χ4n) is 3.78. The lowest BCUT2D eigenvalue weighted by Gasteiger charge is -2.16. The first-order valence-corrected chi connectivity index (χ1v) is 9.71. The smallest absolute Gasteiger partial charge is 0.308 e. The van der Waals surface area contributed by atoms with Gasteiger partial charge < -0.3 is 10.1 Å². The summed E-state index contributed by atoms with van der Waals surface area (Å²) in [5.74, 6) is -2.21. The Labute approximate surface area is 169 Å². The number of carbonyl (C=O) groups excluding carboxylic acids is 4. The van der Waals surface area contributed by atoms with Crippen LogP contribution >= 0.6 is 0 Å². The monoisotopic (exact) mass is 402 g/mol. The summed E-state index contributed by atoms with van der Waals surface area (Å²) in [6.07, 6.45) is 3.78. The minimum atomic E-state index is -1.02. The van der Waals surface area contributed by atoms with E-state index in [4.69, 9.17) is 4.74 Å². The molecule has 2 aliphatic rings. The van der Waals surface area contributed by atoms with E-state index in [-0.39, 0.29) is 36.6 Å².